The van der Waals surface area contributed by atoms with Gasteiger partial charge in [0.15, 0.2) is 0 Å². The van der Waals surface area contributed by atoms with Crippen LogP contribution in [0.5, 0.6) is 0 Å². The molecule has 1 unspecified atom stereocenters. The number of rotatable bonds is 5. The SMILES string of the molecule is CCO/C(O)=C(/C#N)C1c2ccccc2S(=O)(=O)N1Cc1ccc(I)cc1. The fraction of sp³-hybridized carbons (Fsp3) is 0.211. The quantitative estimate of drug-likeness (QED) is 0.386. The highest BCUT2D eigenvalue weighted by atomic mass is 127. The molecule has 27 heavy (non-hydrogen) atoms. The Morgan fingerprint density at radius 1 is 1.26 bits per heavy atom. The van der Waals surface area contributed by atoms with Gasteiger partial charge in [-0.1, -0.05) is 30.3 Å². The van der Waals surface area contributed by atoms with Crippen molar-refractivity contribution in [3.05, 3.63) is 74.7 Å². The maximum atomic E-state index is 13.1. The second kappa shape index (κ2) is 7.88. The Labute approximate surface area is 171 Å². The van der Waals surface area contributed by atoms with Crippen LogP contribution < -0.4 is 0 Å². The van der Waals surface area contributed by atoms with E-state index in [0.717, 1.165) is 9.13 Å². The monoisotopic (exact) mass is 496 g/mol. The molecule has 2 aromatic rings. The van der Waals surface area contributed by atoms with Gasteiger partial charge in [-0.2, -0.15) is 9.57 Å². The molecule has 0 radical (unpaired) electrons. The van der Waals surface area contributed by atoms with Crippen LogP contribution in [0, 0.1) is 14.9 Å². The molecule has 0 amide bonds. The third-order valence-corrected chi connectivity index (χ3v) is 6.85. The summed E-state index contributed by atoms with van der Waals surface area (Å²) in [6.45, 7) is 1.91. The number of halogens is 1. The predicted octanol–water partition coefficient (Wildman–Crippen LogP) is 3.87. The van der Waals surface area contributed by atoms with Gasteiger partial charge in [0, 0.05) is 10.1 Å². The van der Waals surface area contributed by atoms with Crippen molar-refractivity contribution in [1.29, 1.82) is 5.26 Å². The summed E-state index contributed by atoms with van der Waals surface area (Å²) >= 11 is 2.17. The van der Waals surface area contributed by atoms with Gasteiger partial charge in [0.1, 0.15) is 11.6 Å². The predicted molar refractivity (Wildman–Crippen MR) is 108 cm³/mol. The van der Waals surface area contributed by atoms with Gasteiger partial charge in [-0.05, 0) is 58.8 Å². The third kappa shape index (κ3) is 3.67. The molecule has 1 N–H and O–H groups in total. The number of hydrogen-bond donors (Lipinski definition) is 1. The second-order valence-corrected chi connectivity index (χ2v) is 8.99. The summed E-state index contributed by atoms with van der Waals surface area (Å²) in [6.07, 6.45) is 0. The van der Waals surface area contributed by atoms with Crippen molar-refractivity contribution in [2.45, 2.75) is 24.4 Å². The van der Waals surface area contributed by atoms with Crippen molar-refractivity contribution in [3.63, 3.8) is 0 Å². The molecule has 2 aromatic carbocycles. The average Bonchev–Trinajstić information content (AvgIpc) is 2.86. The van der Waals surface area contributed by atoms with Gasteiger partial charge in [0.25, 0.3) is 5.95 Å². The van der Waals surface area contributed by atoms with E-state index in [1.165, 1.54) is 10.4 Å². The fourth-order valence-corrected chi connectivity index (χ4v) is 5.20. The highest BCUT2D eigenvalue weighted by Crippen LogP contribution is 2.44. The molecule has 0 aliphatic carbocycles. The Morgan fingerprint density at radius 3 is 2.56 bits per heavy atom. The molecule has 1 aliphatic rings. The summed E-state index contributed by atoms with van der Waals surface area (Å²) < 4.78 is 33.6. The summed E-state index contributed by atoms with van der Waals surface area (Å²) in [5.41, 5.74) is 1.10. The van der Waals surface area contributed by atoms with E-state index in [1.807, 2.05) is 30.3 Å². The lowest BCUT2D eigenvalue weighted by atomic mass is 9.99. The first-order chi connectivity index (χ1) is 12.9. The minimum atomic E-state index is -3.83. The number of aliphatic hydroxyl groups is 1. The summed E-state index contributed by atoms with van der Waals surface area (Å²) in [6, 6.07) is 15.0. The Balaban J connectivity index is 2.15. The van der Waals surface area contributed by atoms with E-state index >= 15 is 0 Å². The molecule has 0 saturated carbocycles. The van der Waals surface area contributed by atoms with E-state index in [1.54, 1.807) is 25.1 Å². The largest absolute Gasteiger partial charge is 0.480 e. The Hall–Kier alpha value is -2.09. The molecule has 0 fully saturated rings. The van der Waals surface area contributed by atoms with Gasteiger partial charge in [-0.25, -0.2) is 8.42 Å². The van der Waals surface area contributed by atoms with Crippen molar-refractivity contribution in [2.24, 2.45) is 0 Å². The number of benzene rings is 2. The van der Waals surface area contributed by atoms with Gasteiger partial charge in [-0.3, -0.25) is 0 Å². The van der Waals surface area contributed by atoms with Crippen molar-refractivity contribution in [1.82, 2.24) is 4.31 Å². The summed E-state index contributed by atoms with van der Waals surface area (Å²) in [5.74, 6) is -0.551. The molecule has 0 spiro atoms. The highest BCUT2D eigenvalue weighted by Gasteiger charge is 2.45. The molecule has 6 nitrogen and oxygen atoms in total. The normalized spacial score (nSPS) is 19.1. The van der Waals surface area contributed by atoms with Crippen molar-refractivity contribution >= 4 is 32.6 Å². The van der Waals surface area contributed by atoms with Crippen molar-refractivity contribution < 1.29 is 18.3 Å². The third-order valence-electron chi connectivity index (χ3n) is 4.25. The molecule has 3 rings (SSSR count). The van der Waals surface area contributed by atoms with Crippen LogP contribution in [-0.2, 0) is 21.3 Å². The van der Waals surface area contributed by atoms with E-state index in [-0.39, 0.29) is 23.6 Å². The standard InChI is InChI=1S/C19H17IN2O4S/c1-2-26-19(23)16(11-21)18-15-5-3-4-6-17(15)27(24,25)22(18)12-13-7-9-14(20)10-8-13/h3-10,18,23H,2,12H2,1H3/b19-16-. The van der Waals surface area contributed by atoms with E-state index < -0.39 is 22.0 Å². The van der Waals surface area contributed by atoms with Gasteiger partial charge in [0.2, 0.25) is 10.0 Å². The summed E-state index contributed by atoms with van der Waals surface area (Å²) in [4.78, 5) is 0.137. The van der Waals surface area contributed by atoms with E-state index in [0.29, 0.717) is 5.56 Å². The van der Waals surface area contributed by atoms with E-state index in [9.17, 15) is 18.8 Å². The molecular weight excluding hydrogens is 479 g/mol. The minimum Gasteiger partial charge on any atom is -0.480 e. The van der Waals surface area contributed by atoms with Gasteiger partial charge < -0.3 is 9.84 Å². The maximum absolute atomic E-state index is 13.1. The smallest absolute Gasteiger partial charge is 0.293 e. The number of ether oxygens (including phenoxy) is 1. The van der Waals surface area contributed by atoms with Crippen LogP contribution >= 0.6 is 22.6 Å². The van der Waals surface area contributed by atoms with Crippen LogP contribution in [0.1, 0.15) is 24.1 Å². The summed E-state index contributed by atoms with van der Waals surface area (Å²) in [5, 5.41) is 19.8. The lowest BCUT2D eigenvalue weighted by Gasteiger charge is -2.23. The van der Waals surface area contributed by atoms with Crippen LogP contribution in [0.15, 0.2) is 64.9 Å². The van der Waals surface area contributed by atoms with Crippen LogP contribution in [0.25, 0.3) is 0 Å². The number of sulfonamides is 1. The molecule has 0 aromatic heterocycles. The topological polar surface area (TPSA) is 90.6 Å². The zero-order chi connectivity index (χ0) is 19.6. The van der Waals surface area contributed by atoms with Gasteiger partial charge in [0.05, 0.1) is 17.5 Å². The Morgan fingerprint density at radius 2 is 1.93 bits per heavy atom. The minimum absolute atomic E-state index is 0.0726. The Bertz CT molecular complexity index is 1030. The zero-order valence-corrected chi connectivity index (χ0v) is 17.4. The Kier molecular flexibility index (Phi) is 5.74. The lowest BCUT2D eigenvalue weighted by Crippen LogP contribution is -2.29. The number of aliphatic hydroxyl groups excluding tert-OH is 1. The van der Waals surface area contributed by atoms with Crippen LogP contribution in [0.3, 0.4) is 0 Å². The van der Waals surface area contributed by atoms with Gasteiger partial charge in [-0.15, -0.1) is 0 Å². The molecule has 0 bridgehead atoms. The molecule has 8 heteroatoms. The maximum Gasteiger partial charge on any atom is 0.293 e. The zero-order valence-electron chi connectivity index (χ0n) is 14.5. The molecule has 140 valence electrons. The summed E-state index contributed by atoms with van der Waals surface area (Å²) in [7, 11) is -3.83. The molecule has 1 heterocycles. The number of hydrogen-bond acceptors (Lipinski definition) is 5. The number of nitriles is 1. The van der Waals surface area contributed by atoms with Crippen LogP contribution in [-0.4, -0.2) is 24.4 Å². The van der Waals surface area contributed by atoms with Crippen molar-refractivity contribution in [3.8, 4) is 6.07 Å². The molecule has 1 atom stereocenters. The molecule has 1 aliphatic heterocycles. The fourth-order valence-electron chi connectivity index (χ4n) is 3.05. The van der Waals surface area contributed by atoms with Crippen LogP contribution in [0.2, 0.25) is 0 Å². The van der Waals surface area contributed by atoms with Crippen molar-refractivity contribution in [2.75, 3.05) is 6.61 Å². The lowest BCUT2D eigenvalue weighted by molar-refractivity contribution is 0.0952. The average molecular weight is 496 g/mol. The number of fused-ring (bicyclic) bond motifs is 1. The molecular formula is C19H17IN2O4S. The van der Waals surface area contributed by atoms with Crippen LogP contribution in [0.4, 0.5) is 0 Å². The first-order valence-electron chi connectivity index (χ1n) is 8.21. The van der Waals surface area contributed by atoms with E-state index in [2.05, 4.69) is 22.6 Å². The number of nitrogens with zero attached hydrogens (tertiary/aromatic N) is 2. The van der Waals surface area contributed by atoms with Gasteiger partial charge >= 0.3 is 0 Å². The highest BCUT2D eigenvalue weighted by molar-refractivity contribution is 14.1. The van der Waals surface area contributed by atoms with E-state index in [4.69, 9.17) is 4.74 Å². The first-order valence-corrected chi connectivity index (χ1v) is 10.7. The second-order valence-electron chi connectivity index (χ2n) is 5.88. The molecule has 0 saturated heterocycles. The first kappa shape index (κ1) is 19.7.